The van der Waals surface area contributed by atoms with Gasteiger partial charge in [0.25, 0.3) is 0 Å². The summed E-state index contributed by atoms with van der Waals surface area (Å²) in [6, 6.07) is 6.15. The second-order valence-electron chi connectivity index (χ2n) is 9.86. The number of benzene rings is 1. The van der Waals surface area contributed by atoms with Gasteiger partial charge in [0.15, 0.2) is 0 Å². The minimum Gasteiger partial charge on any atom is -0.513 e. The minimum atomic E-state index is -4.31. The van der Waals surface area contributed by atoms with E-state index in [9.17, 15) is 18.3 Å². The van der Waals surface area contributed by atoms with E-state index in [0.717, 1.165) is 50.3 Å². The highest BCUT2D eigenvalue weighted by atomic mass is 19.4. The van der Waals surface area contributed by atoms with Gasteiger partial charge in [-0.3, -0.25) is 4.90 Å². The van der Waals surface area contributed by atoms with Gasteiger partial charge >= 0.3 is 6.18 Å². The van der Waals surface area contributed by atoms with Crippen LogP contribution in [0.1, 0.15) is 75.8 Å². The monoisotopic (exact) mass is 423 g/mol. The van der Waals surface area contributed by atoms with Gasteiger partial charge in [-0.15, -0.1) is 0 Å². The van der Waals surface area contributed by atoms with E-state index < -0.39 is 11.7 Å². The zero-order valence-electron chi connectivity index (χ0n) is 18.3. The predicted molar refractivity (Wildman–Crippen MR) is 115 cm³/mol. The third-order valence-corrected chi connectivity index (χ3v) is 6.77. The Bertz CT molecular complexity index is 693. The zero-order chi connectivity index (χ0) is 21.9. The van der Waals surface area contributed by atoms with Crippen LogP contribution >= 0.6 is 0 Å². The average Bonchev–Trinajstić information content (AvgIpc) is 3.48. The highest BCUT2D eigenvalue weighted by Gasteiger charge is 2.38. The summed E-state index contributed by atoms with van der Waals surface area (Å²) in [5.41, 5.74) is 0.403. The van der Waals surface area contributed by atoms with E-state index in [2.05, 4.69) is 25.3 Å². The molecule has 30 heavy (non-hydrogen) atoms. The Balaban J connectivity index is 1.83. The van der Waals surface area contributed by atoms with Crippen molar-refractivity contribution in [2.45, 2.75) is 76.9 Å². The summed E-state index contributed by atoms with van der Waals surface area (Å²) >= 11 is 0. The van der Waals surface area contributed by atoms with Crippen LogP contribution in [0, 0.1) is 17.8 Å². The molecule has 2 fully saturated rings. The number of allylic oxidation sites excluding steroid dienone is 1. The highest BCUT2D eigenvalue weighted by molar-refractivity contribution is 5.29. The van der Waals surface area contributed by atoms with Crippen LogP contribution in [0.25, 0.3) is 0 Å². The summed E-state index contributed by atoms with van der Waals surface area (Å²) in [5.74, 6) is 2.14. The first-order valence-corrected chi connectivity index (χ1v) is 11.4. The normalized spacial score (nSPS) is 25.1. The number of aliphatic hydroxyl groups is 1. The number of halogens is 3. The standard InChI is InChI=1S/C25H36F3NO/c1-17(2)12-13-29(16-19-4-5-19)24-11-6-20(14-18(3)30)15-23(24)21-7-9-22(10-8-21)25(26,27)28/h7-10,17,19-20,23-24,30H,3-6,11-16H2,1-2H3/t20-,23-,24+/m0/s1. The molecule has 1 N–H and O–H groups in total. The van der Waals surface area contributed by atoms with Crippen molar-refractivity contribution in [1.82, 2.24) is 4.90 Å². The first-order chi connectivity index (χ1) is 14.1. The fourth-order valence-corrected chi connectivity index (χ4v) is 4.92. The van der Waals surface area contributed by atoms with Crippen molar-refractivity contribution in [3.05, 3.63) is 47.7 Å². The van der Waals surface area contributed by atoms with Crippen LogP contribution in [0.4, 0.5) is 13.2 Å². The van der Waals surface area contributed by atoms with Crippen molar-refractivity contribution in [2.75, 3.05) is 13.1 Å². The van der Waals surface area contributed by atoms with Gasteiger partial charge in [0.1, 0.15) is 0 Å². The fraction of sp³-hybridized carbons (Fsp3) is 0.680. The van der Waals surface area contributed by atoms with Crippen LogP contribution < -0.4 is 0 Å². The van der Waals surface area contributed by atoms with Crippen molar-refractivity contribution in [1.29, 1.82) is 0 Å². The first kappa shape index (κ1) is 23.2. The van der Waals surface area contributed by atoms with Gasteiger partial charge in [0.2, 0.25) is 0 Å². The number of rotatable bonds is 9. The molecule has 1 aromatic rings. The van der Waals surface area contributed by atoms with Crippen molar-refractivity contribution in [3.8, 4) is 0 Å². The largest absolute Gasteiger partial charge is 0.513 e. The summed E-state index contributed by atoms with van der Waals surface area (Å²) in [6.07, 6.45) is 2.94. The van der Waals surface area contributed by atoms with E-state index in [-0.39, 0.29) is 11.7 Å². The Hall–Kier alpha value is -1.49. The molecule has 3 atom stereocenters. The number of alkyl halides is 3. The van der Waals surface area contributed by atoms with Crippen molar-refractivity contribution >= 4 is 0 Å². The maximum absolute atomic E-state index is 13.1. The van der Waals surface area contributed by atoms with E-state index in [4.69, 9.17) is 0 Å². The molecule has 1 aromatic carbocycles. The lowest BCUT2D eigenvalue weighted by molar-refractivity contribution is -0.137. The molecule has 0 unspecified atom stereocenters. The Labute approximate surface area is 179 Å². The Kier molecular flexibility index (Phi) is 7.54. The Morgan fingerprint density at radius 1 is 1.10 bits per heavy atom. The van der Waals surface area contributed by atoms with Crippen LogP contribution in [0.3, 0.4) is 0 Å². The summed E-state index contributed by atoms with van der Waals surface area (Å²) < 4.78 is 39.2. The molecule has 0 amide bonds. The molecule has 0 aliphatic heterocycles. The average molecular weight is 424 g/mol. The summed E-state index contributed by atoms with van der Waals surface area (Å²) in [6.45, 7) is 10.3. The van der Waals surface area contributed by atoms with Gasteiger partial charge in [-0.2, -0.15) is 13.2 Å². The van der Waals surface area contributed by atoms with Gasteiger partial charge in [-0.05, 0) is 86.4 Å². The molecule has 0 spiro atoms. The lowest BCUT2D eigenvalue weighted by Gasteiger charge is -2.43. The van der Waals surface area contributed by atoms with Gasteiger partial charge in [0, 0.05) is 19.0 Å². The number of hydrogen-bond acceptors (Lipinski definition) is 2. The van der Waals surface area contributed by atoms with E-state index in [1.807, 2.05) is 0 Å². The van der Waals surface area contributed by atoms with Crippen LogP contribution in [0.15, 0.2) is 36.6 Å². The van der Waals surface area contributed by atoms with E-state index in [1.165, 1.54) is 25.0 Å². The minimum absolute atomic E-state index is 0.191. The van der Waals surface area contributed by atoms with Crippen molar-refractivity contribution < 1.29 is 18.3 Å². The molecule has 2 nitrogen and oxygen atoms in total. The lowest BCUT2D eigenvalue weighted by atomic mass is 9.72. The van der Waals surface area contributed by atoms with E-state index >= 15 is 0 Å². The molecule has 5 heteroatoms. The SMILES string of the molecule is C=C(O)C[C@@H]1CC[C@@H](N(CCC(C)C)CC2CC2)[C@H](c2ccc(C(F)(F)F)cc2)C1. The molecule has 0 bridgehead atoms. The first-order valence-electron chi connectivity index (χ1n) is 11.4. The number of nitrogens with zero attached hydrogens (tertiary/aromatic N) is 1. The van der Waals surface area contributed by atoms with Gasteiger partial charge in [0.05, 0.1) is 11.3 Å². The topological polar surface area (TPSA) is 23.5 Å². The quantitative estimate of drug-likeness (QED) is 0.425. The molecule has 2 aliphatic rings. The molecule has 2 aliphatic carbocycles. The number of hydrogen-bond donors (Lipinski definition) is 1. The number of aliphatic hydroxyl groups excluding tert-OH is 1. The second kappa shape index (κ2) is 9.76. The van der Waals surface area contributed by atoms with Crippen molar-refractivity contribution in [3.63, 3.8) is 0 Å². The Morgan fingerprint density at radius 3 is 2.27 bits per heavy atom. The molecule has 0 heterocycles. The van der Waals surface area contributed by atoms with Crippen LogP contribution in [-0.4, -0.2) is 29.1 Å². The summed E-state index contributed by atoms with van der Waals surface area (Å²) in [5, 5.41) is 9.71. The Morgan fingerprint density at radius 2 is 1.73 bits per heavy atom. The van der Waals surface area contributed by atoms with Gasteiger partial charge < -0.3 is 5.11 Å². The zero-order valence-corrected chi connectivity index (χ0v) is 18.3. The van der Waals surface area contributed by atoms with Gasteiger partial charge in [-0.1, -0.05) is 32.6 Å². The molecule has 168 valence electrons. The van der Waals surface area contributed by atoms with Crippen molar-refractivity contribution in [2.24, 2.45) is 17.8 Å². The third kappa shape index (κ3) is 6.50. The van der Waals surface area contributed by atoms with E-state index in [1.54, 1.807) is 12.1 Å². The molecule has 3 rings (SSSR count). The van der Waals surface area contributed by atoms with Crippen LogP contribution in [0.2, 0.25) is 0 Å². The molecule has 0 aromatic heterocycles. The second-order valence-corrected chi connectivity index (χ2v) is 9.86. The summed E-state index contributed by atoms with van der Waals surface area (Å²) in [7, 11) is 0. The van der Waals surface area contributed by atoms with Crippen LogP contribution in [0.5, 0.6) is 0 Å². The predicted octanol–water partition coefficient (Wildman–Crippen LogP) is 7.18. The smallest absolute Gasteiger partial charge is 0.416 e. The maximum atomic E-state index is 13.1. The molecular formula is C25H36F3NO. The fourth-order valence-electron chi connectivity index (χ4n) is 4.92. The molecule has 2 saturated carbocycles. The van der Waals surface area contributed by atoms with E-state index in [0.29, 0.717) is 24.3 Å². The molecule has 0 radical (unpaired) electrons. The van der Waals surface area contributed by atoms with Crippen LogP contribution in [-0.2, 0) is 6.18 Å². The molecule has 0 saturated heterocycles. The summed E-state index contributed by atoms with van der Waals surface area (Å²) in [4.78, 5) is 2.63. The lowest BCUT2D eigenvalue weighted by Crippen LogP contribution is -2.44. The molecular weight excluding hydrogens is 387 g/mol. The van der Waals surface area contributed by atoms with Gasteiger partial charge in [-0.25, -0.2) is 0 Å². The third-order valence-electron chi connectivity index (χ3n) is 6.77. The maximum Gasteiger partial charge on any atom is 0.416 e. The highest BCUT2D eigenvalue weighted by Crippen LogP contribution is 2.43.